The Bertz CT molecular complexity index is 486. The Morgan fingerprint density at radius 1 is 1.43 bits per heavy atom. The highest BCUT2D eigenvalue weighted by molar-refractivity contribution is 9.10. The maximum Gasteiger partial charge on any atom is 0.260 e. The molecule has 1 aromatic rings. The second-order valence-electron chi connectivity index (χ2n) is 5.51. The van der Waals surface area contributed by atoms with E-state index in [0.29, 0.717) is 11.3 Å². The van der Waals surface area contributed by atoms with Crippen LogP contribution in [0.3, 0.4) is 0 Å². The zero-order chi connectivity index (χ0) is 15.2. The van der Waals surface area contributed by atoms with Gasteiger partial charge in [0.2, 0.25) is 0 Å². The van der Waals surface area contributed by atoms with Crippen LogP contribution in [0.4, 0.5) is 0 Å². The van der Waals surface area contributed by atoms with Crippen molar-refractivity contribution in [2.75, 3.05) is 0 Å². The molecule has 1 amide bonds. The maximum atomic E-state index is 12.2. The van der Waals surface area contributed by atoms with Crippen molar-refractivity contribution in [3.8, 4) is 5.75 Å². The van der Waals surface area contributed by atoms with Crippen molar-refractivity contribution >= 4 is 21.8 Å². The highest BCUT2D eigenvalue weighted by Crippen LogP contribution is 2.24. The highest BCUT2D eigenvalue weighted by atomic mass is 79.9. The molecule has 1 aliphatic rings. The molecule has 5 heteroatoms. The van der Waals surface area contributed by atoms with Crippen molar-refractivity contribution in [2.24, 2.45) is 0 Å². The molecule has 0 radical (unpaired) electrons. The van der Waals surface area contributed by atoms with Gasteiger partial charge in [0.15, 0.2) is 6.10 Å². The number of hydrogen-bond acceptors (Lipinski definition) is 3. The molecule has 1 unspecified atom stereocenters. The molecule has 116 valence electrons. The van der Waals surface area contributed by atoms with Gasteiger partial charge < -0.3 is 15.2 Å². The summed E-state index contributed by atoms with van der Waals surface area (Å²) in [4.78, 5) is 12.2. The Morgan fingerprint density at radius 3 is 2.81 bits per heavy atom. The van der Waals surface area contributed by atoms with Gasteiger partial charge in [-0.25, -0.2) is 0 Å². The highest BCUT2D eigenvalue weighted by Gasteiger charge is 2.21. The van der Waals surface area contributed by atoms with Crippen LogP contribution in [0.15, 0.2) is 22.7 Å². The fourth-order valence-corrected chi connectivity index (χ4v) is 3.00. The fraction of sp³-hybridized carbons (Fsp3) is 0.562. The first-order valence-corrected chi connectivity index (χ1v) is 8.25. The van der Waals surface area contributed by atoms with Gasteiger partial charge in [0.05, 0.1) is 6.61 Å². The molecular formula is C16H22BrNO3. The Hall–Kier alpha value is -1.07. The second-order valence-corrected chi connectivity index (χ2v) is 6.43. The molecule has 21 heavy (non-hydrogen) atoms. The minimum absolute atomic E-state index is 0.0892. The monoisotopic (exact) mass is 355 g/mol. The largest absolute Gasteiger partial charge is 0.481 e. The van der Waals surface area contributed by atoms with E-state index in [4.69, 9.17) is 4.74 Å². The van der Waals surface area contributed by atoms with Crippen LogP contribution in [0.2, 0.25) is 0 Å². The number of benzene rings is 1. The minimum Gasteiger partial charge on any atom is -0.481 e. The van der Waals surface area contributed by atoms with Gasteiger partial charge >= 0.3 is 0 Å². The summed E-state index contributed by atoms with van der Waals surface area (Å²) in [6.07, 6.45) is 5.16. The number of amides is 1. The topological polar surface area (TPSA) is 58.6 Å². The Kier molecular flexibility index (Phi) is 6.06. The van der Waals surface area contributed by atoms with Gasteiger partial charge in [-0.2, -0.15) is 0 Å². The first kappa shape index (κ1) is 16.3. The number of ether oxygens (including phenoxy) is 1. The van der Waals surface area contributed by atoms with Crippen molar-refractivity contribution in [1.29, 1.82) is 0 Å². The summed E-state index contributed by atoms with van der Waals surface area (Å²) < 4.78 is 6.58. The molecule has 0 saturated heterocycles. The van der Waals surface area contributed by atoms with E-state index in [-0.39, 0.29) is 18.6 Å². The van der Waals surface area contributed by atoms with Crippen molar-refractivity contribution in [1.82, 2.24) is 5.32 Å². The van der Waals surface area contributed by atoms with Crippen LogP contribution >= 0.6 is 15.9 Å². The first-order valence-electron chi connectivity index (χ1n) is 7.46. The summed E-state index contributed by atoms with van der Waals surface area (Å²) in [5, 5.41) is 12.4. The molecule has 1 atom stereocenters. The van der Waals surface area contributed by atoms with E-state index in [0.717, 1.165) is 17.3 Å². The SMILES string of the molecule is CC(Oc1ccc(Br)cc1CO)C(=O)NC1CCCCC1. The Labute approximate surface area is 134 Å². The number of carbonyl (C=O) groups is 1. The van der Waals surface area contributed by atoms with E-state index in [1.165, 1.54) is 19.3 Å². The van der Waals surface area contributed by atoms with E-state index < -0.39 is 6.10 Å². The number of carbonyl (C=O) groups excluding carboxylic acids is 1. The number of rotatable bonds is 5. The van der Waals surface area contributed by atoms with Crippen LogP contribution in [0.5, 0.6) is 5.75 Å². The molecule has 0 heterocycles. The Balaban J connectivity index is 1.93. The number of hydrogen-bond donors (Lipinski definition) is 2. The standard InChI is InChI=1S/C16H22BrNO3/c1-11(16(20)18-14-5-3-2-4-6-14)21-15-8-7-13(17)9-12(15)10-19/h7-9,11,14,19H,2-6,10H2,1H3,(H,18,20). The molecule has 1 aromatic carbocycles. The third-order valence-electron chi connectivity index (χ3n) is 3.82. The van der Waals surface area contributed by atoms with Gasteiger partial charge in [-0.15, -0.1) is 0 Å². The molecule has 0 spiro atoms. The molecule has 1 saturated carbocycles. The first-order chi connectivity index (χ1) is 10.1. The van der Waals surface area contributed by atoms with Crippen molar-refractivity contribution in [3.05, 3.63) is 28.2 Å². The van der Waals surface area contributed by atoms with Crippen LogP contribution < -0.4 is 10.1 Å². The lowest BCUT2D eigenvalue weighted by Gasteiger charge is -2.25. The number of halogens is 1. The molecule has 2 N–H and O–H groups in total. The Morgan fingerprint density at radius 2 is 2.14 bits per heavy atom. The fourth-order valence-electron chi connectivity index (χ4n) is 2.60. The zero-order valence-corrected chi connectivity index (χ0v) is 13.9. The van der Waals surface area contributed by atoms with E-state index in [9.17, 15) is 9.90 Å². The smallest absolute Gasteiger partial charge is 0.260 e. The molecule has 4 nitrogen and oxygen atoms in total. The summed E-state index contributed by atoms with van der Waals surface area (Å²) in [7, 11) is 0. The summed E-state index contributed by atoms with van der Waals surface area (Å²) >= 11 is 3.35. The average Bonchev–Trinajstić information content (AvgIpc) is 2.49. The van der Waals surface area contributed by atoms with Crippen LogP contribution in [0, 0.1) is 0 Å². The van der Waals surface area contributed by atoms with Gasteiger partial charge in [0, 0.05) is 16.1 Å². The molecule has 0 aliphatic heterocycles. The number of aliphatic hydroxyl groups is 1. The van der Waals surface area contributed by atoms with E-state index in [1.807, 2.05) is 6.07 Å². The predicted molar refractivity (Wildman–Crippen MR) is 85.2 cm³/mol. The normalized spacial score (nSPS) is 17.3. The second kappa shape index (κ2) is 7.80. The van der Waals surface area contributed by atoms with E-state index in [2.05, 4.69) is 21.2 Å². The quantitative estimate of drug-likeness (QED) is 0.852. The van der Waals surface area contributed by atoms with E-state index >= 15 is 0 Å². The lowest BCUT2D eigenvalue weighted by Crippen LogP contribution is -2.43. The average molecular weight is 356 g/mol. The maximum absolute atomic E-state index is 12.2. The minimum atomic E-state index is -0.571. The van der Waals surface area contributed by atoms with Gasteiger partial charge in [0.1, 0.15) is 5.75 Å². The number of nitrogens with one attached hydrogen (secondary N) is 1. The molecular weight excluding hydrogens is 334 g/mol. The lowest BCUT2D eigenvalue weighted by atomic mass is 9.95. The molecule has 1 fully saturated rings. The van der Waals surface area contributed by atoms with Gasteiger partial charge in [-0.1, -0.05) is 35.2 Å². The van der Waals surface area contributed by atoms with Crippen molar-refractivity contribution in [2.45, 2.75) is 57.8 Å². The van der Waals surface area contributed by atoms with Crippen LogP contribution in [0.1, 0.15) is 44.6 Å². The summed E-state index contributed by atoms with van der Waals surface area (Å²) in [5.41, 5.74) is 0.668. The van der Waals surface area contributed by atoms with Crippen LogP contribution in [-0.4, -0.2) is 23.2 Å². The number of aliphatic hydroxyl groups excluding tert-OH is 1. The predicted octanol–water partition coefficient (Wildman–Crippen LogP) is 3.16. The van der Waals surface area contributed by atoms with Crippen LogP contribution in [-0.2, 0) is 11.4 Å². The van der Waals surface area contributed by atoms with Gasteiger partial charge in [-0.05, 0) is 38.0 Å². The summed E-state index contributed by atoms with van der Waals surface area (Å²) in [6, 6.07) is 5.67. The van der Waals surface area contributed by atoms with E-state index in [1.54, 1.807) is 19.1 Å². The van der Waals surface area contributed by atoms with Crippen LogP contribution in [0.25, 0.3) is 0 Å². The summed E-state index contributed by atoms with van der Waals surface area (Å²) in [6.45, 7) is 1.62. The van der Waals surface area contributed by atoms with Crippen molar-refractivity contribution in [3.63, 3.8) is 0 Å². The lowest BCUT2D eigenvalue weighted by molar-refractivity contribution is -0.128. The van der Waals surface area contributed by atoms with Gasteiger partial charge in [-0.3, -0.25) is 4.79 Å². The summed E-state index contributed by atoms with van der Waals surface area (Å²) in [5.74, 6) is 0.459. The molecule has 1 aliphatic carbocycles. The van der Waals surface area contributed by atoms with Gasteiger partial charge in [0.25, 0.3) is 5.91 Å². The third kappa shape index (κ3) is 4.71. The molecule has 2 rings (SSSR count). The zero-order valence-electron chi connectivity index (χ0n) is 12.3. The third-order valence-corrected chi connectivity index (χ3v) is 4.31. The molecule has 0 aromatic heterocycles. The van der Waals surface area contributed by atoms with Crippen molar-refractivity contribution < 1.29 is 14.6 Å². The molecule has 0 bridgehead atoms.